The van der Waals surface area contributed by atoms with Crippen LogP contribution in [0.25, 0.3) is 11.3 Å². The van der Waals surface area contributed by atoms with E-state index < -0.39 is 0 Å². The first-order valence-electron chi connectivity index (χ1n) is 11.7. The van der Waals surface area contributed by atoms with Crippen molar-refractivity contribution < 1.29 is 9.90 Å². The molecule has 0 unspecified atom stereocenters. The average Bonchev–Trinajstić information content (AvgIpc) is 3.66. The number of carboxylic acid groups (broad SMARTS) is 1. The summed E-state index contributed by atoms with van der Waals surface area (Å²) in [4.78, 5) is 30.9. The zero-order valence-electron chi connectivity index (χ0n) is 19.3. The molecule has 3 N–H and O–H groups in total. The van der Waals surface area contributed by atoms with Gasteiger partial charge in [-0.3, -0.25) is 14.8 Å². The highest BCUT2D eigenvalue weighted by molar-refractivity contribution is 5.57. The summed E-state index contributed by atoms with van der Waals surface area (Å²) >= 11 is 0. The molecule has 4 aromatic rings. The molecule has 0 radical (unpaired) electrons. The van der Waals surface area contributed by atoms with Gasteiger partial charge in [0.25, 0.3) is 6.47 Å². The van der Waals surface area contributed by atoms with Crippen molar-refractivity contribution >= 4 is 12.3 Å². The molecular formula is C25H28N8O2. The maximum atomic E-state index is 8.36. The largest absolute Gasteiger partial charge is 0.483 e. The normalized spacial score (nSPS) is 17.5. The van der Waals surface area contributed by atoms with Gasteiger partial charge in [0.15, 0.2) is 0 Å². The van der Waals surface area contributed by atoms with Crippen LogP contribution < -0.4 is 4.90 Å². The third-order valence-electron chi connectivity index (χ3n) is 6.55. The molecule has 1 saturated heterocycles. The summed E-state index contributed by atoms with van der Waals surface area (Å²) in [6, 6.07) is 10.9. The van der Waals surface area contributed by atoms with Gasteiger partial charge in [0.05, 0.1) is 29.8 Å². The number of carbonyl (C=O) groups is 1. The number of aromatic nitrogens is 6. The lowest BCUT2D eigenvalue weighted by molar-refractivity contribution is -0.122. The summed E-state index contributed by atoms with van der Waals surface area (Å²) < 4.78 is 0. The first-order chi connectivity index (χ1) is 17.3. The van der Waals surface area contributed by atoms with Crippen LogP contribution in [0.4, 0.5) is 5.82 Å². The molecule has 3 aromatic heterocycles. The van der Waals surface area contributed by atoms with Crippen LogP contribution in [0.15, 0.2) is 55.2 Å². The number of anilines is 1. The molecule has 35 heavy (non-hydrogen) atoms. The minimum absolute atomic E-state index is 0.194. The third-order valence-corrected chi connectivity index (χ3v) is 6.55. The standard InChI is InChI=1S/C24H26N8.CH2O2/c1-2-5-17(6-3-1)14-31-10-8-20-19(15-31)24(27-16-26-20)32-9-4-7-22(32)23-25-13-21(30-23)18-11-28-29-12-18;2-1-3/h1-3,5-6,11-13,16,22H,4,7-10,14-15H2,(H,25,30)(H,28,29);1H,(H,2,3)/t22-;/m0./s1. The van der Waals surface area contributed by atoms with Crippen molar-refractivity contribution in [1.82, 2.24) is 35.0 Å². The molecule has 2 aliphatic rings. The quantitative estimate of drug-likeness (QED) is 0.378. The molecule has 0 saturated carbocycles. The van der Waals surface area contributed by atoms with Crippen molar-refractivity contribution in [3.05, 3.63) is 77.9 Å². The highest BCUT2D eigenvalue weighted by atomic mass is 16.3. The number of benzene rings is 1. The van der Waals surface area contributed by atoms with E-state index >= 15 is 0 Å². The monoisotopic (exact) mass is 472 g/mol. The van der Waals surface area contributed by atoms with Crippen LogP contribution in [-0.2, 0) is 24.3 Å². The zero-order chi connectivity index (χ0) is 24.0. The third kappa shape index (κ3) is 4.92. The summed E-state index contributed by atoms with van der Waals surface area (Å²) in [5, 5.41) is 13.8. The predicted octanol–water partition coefficient (Wildman–Crippen LogP) is 3.19. The van der Waals surface area contributed by atoms with Gasteiger partial charge in [-0.05, 0) is 18.4 Å². The molecule has 0 spiro atoms. The van der Waals surface area contributed by atoms with E-state index in [1.807, 2.05) is 18.6 Å². The Hall–Kier alpha value is -4.05. The number of nitrogens with one attached hydrogen (secondary N) is 2. The molecule has 10 heteroatoms. The molecule has 10 nitrogen and oxygen atoms in total. The molecule has 1 atom stereocenters. The van der Waals surface area contributed by atoms with E-state index in [1.165, 1.54) is 16.8 Å². The summed E-state index contributed by atoms with van der Waals surface area (Å²) in [7, 11) is 0. The van der Waals surface area contributed by atoms with Crippen molar-refractivity contribution in [2.75, 3.05) is 18.0 Å². The second-order valence-electron chi connectivity index (χ2n) is 8.69. The van der Waals surface area contributed by atoms with E-state index in [0.717, 1.165) is 68.3 Å². The Morgan fingerprint density at radius 2 is 1.97 bits per heavy atom. The molecule has 5 heterocycles. The number of nitrogens with zero attached hydrogens (tertiary/aromatic N) is 6. The van der Waals surface area contributed by atoms with E-state index in [2.05, 4.69) is 60.3 Å². The first kappa shape index (κ1) is 22.7. The second kappa shape index (κ2) is 10.5. The van der Waals surface area contributed by atoms with Gasteiger partial charge in [-0.15, -0.1) is 0 Å². The Kier molecular flexibility index (Phi) is 6.80. The number of imidazole rings is 1. The van der Waals surface area contributed by atoms with Crippen LogP contribution in [0.5, 0.6) is 0 Å². The maximum Gasteiger partial charge on any atom is 0.290 e. The fraction of sp³-hybridized carbons (Fsp3) is 0.320. The molecule has 6 rings (SSSR count). The van der Waals surface area contributed by atoms with Gasteiger partial charge in [0.2, 0.25) is 0 Å². The number of H-pyrrole nitrogens is 2. The smallest absolute Gasteiger partial charge is 0.290 e. The maximum absolute atomic E-state index is 8.36. The Morgan fingerprint density at radius 1 is 1.11 bits per heavy atom. The van der Waals surface area contributed by atoms with Crippen molar-refractivity contribution in [1.29, 1.82) is 0 Å². The lowest BCUT2D eigenvalue weighted by Crippen LogP contribution is -2.34. The van der Waals surface area contributed by atoms with E-state index in [0.29, 0.717) is 0 Å². The zero-order valence-corrected chi connectivity index (χ0v) is 19.3. The average molecular weight is 473 g/mol. The fourth-order valence-corrected chi connectivity index (χ4v) is 4.96. The van der Waals surface area contributed by atoms with Crippen LogP contribution in [-0.4, -0.2) is 59.7 Å². The minimum Gasteiger partial charge on any atom is -0.483 e. The van der Waals surface area contributed by atoms with Crippen LogP contribution in [0, 0.1) is 0 Å². The summed E-state index contributed by atoms with van der Waals surface area (Å²) in [6.45, 7) is 3.58. The lowest BCUT2D eigenvalue weighted by atomic mass is 10.0. The van der Waals surface area contributed by atoms with Crippen molar-refractivity contribution in [3.63, 3.8) is 0 Å². The van der Waals surface area contributed by atoms with Crippen LogP contribution >= 0.6 is 0 Å². The Labute approximate surface area is 203 Å². The second-order valence-corrected chi connectivity index (χ2v) is 8.69. The van der Waals surface area contributed by atoms with Crippen LogP contribution in [0.3, 0.4) is 0 Å². The Balaban J connectivity index is 0.000000806. The van der Waals surface area contributed by atoms with Crippen molar-refractivity contribution in [3.8, 4) is 11.3 Å². The molecule has 2 aliphatic heterocycles. The van der Waals surface area contributed by atoms with E-state index in [-0.39, 0.29) is 12.5 Å². The number of rotatable bonds is 5. The lowest BCUT2D eigenvalue weighted by Gasteiger charge is -2.33. The molecule has 180 valence electrons. The molecule has 1 aromatic carbocycles. The minimum atomic E-state index is -0.250. The molecule has 0 amide bonds. The SMILES string of the molecule is O=CO.c1ccc(CN2CCc3ncnc(N4CCC[C@H]4c4ncc(-c5cn[nH]c5)[nH]4)c3C2)cc1. The first-order valence-corrected chi connectivity index (χ1v) is 11.7. The molecule has 0 aliphatic carbocycles. The highest BCUT2D eigenvalue weighted by Gasteiger charge is 2.33. The summed E-state index contributed by atoms with van der Waals surface area (Å²) in [6.07, 6.45) is 10.5. The van der Waals surface area contributed by atoms with E-state index in [9.17, 15) is 0 Å². The fourth-order valence-electron chi connectivity index (χ4n) is 4.96. The molecule has 0 bridgehead atoms. The van der Waals surface area contributed by atoms with Gasteiger partial charge in [-0.1, -0.05) is 30.3 Å². The van der Waals surface area contributed by atoms with Crippen molar-refractivity contribution in [2.24, 2.45) is 0 Å². The van der Waals surface area contributed by atoms with Gasteiger partial charge < -0.3 is 15.0 Å². The van der Waals surface area contributed by atoms with Crippen LogP contribution in [0.2, 0.25) is 0 Å². The van der Waals surface area contributed by atoms with E-state index in [4.69, 9.17) is 19.9 Å². The molecular weight excluding hydrogens is 444 g/mol. The van der Waals surface area contributed by atoms with Crippen LogP contribution in [0.1, 0.15) is 41.5 Å². The van der Waals surface area contributed by atoms with E-state index in [1.54, 1.807) is 6.33 Å². The Bertz CT molecular complexity index is 1240. The van der Waals surface area contributed by atoms with Gasteiger partial charge in [0, 0.05) is 49.9 Å². The predicted molar refractivity (Wildman–Crippen MR) is 130 cm³/mol. The number of fused-ring (bicyclic) bond motifs is 1. The van der Waals surface area contributed by atoms with Gasteiger partial charge in [0.1, 0.15) is 18.0 Å². The summed E-state index contributed by atoms with van der Waals surface area (Å²) in [5.74, 6) is 2.06. The van der Waals surface area contributed by atoms with Crippen molar-refractivity contribution in [2.45, 2.75) is 38.4 Å². The number of hydrogen-bond donors (Lipinski definition) is 3. The highest BCUT2D eigenvalue weighted by Crippen LogP contribution is 2.38. The number of hydrogen-bond acceptors (Lipinski definition) is 7. The number of aromatic amines is 2. The Morgan fingerprint density at radius 3 is 2.77 bits per heavy atom. The van der Waals surface area contributed by atoms with Gasteiger partial charge in [-0.2, -0.15) is 5.10 Å². The summed E-state index contributed by atoms with van der Waals surface area (Å²) in [5.41, 5.74) is 5.80. The topological polar surface area (TPSA) is 127 Å². The van der Waals surface area contributed by atoms with Gasteiger partial charge >= 0.3 is 0 Å². The molecule has 1 fully saturated rings. The van der Waals surface area contributed by atoms with Gasteiger partial charge in [-0.25, -0.2) is 15.0 Å².